The third kappa shape index (κ3) is 2.97. The molecule has 2 heteroatoms. The predicted octanol–water partition coefficient (Wildman–Crippen LogP) is 7.95. The predicted molar refractivity (Wildman–Crippen MR) is 138 cm³/mol. The van der Waals surface area contributed by atoms with E-state index in [9.17, 15) is 0 Å². The number of benzene rings is 4. The van der Waals surface area contributed by atoms with Crippen molar-refractivity contribution in [2.24, 2.45) is 12.5 Å². The Labute approximate surface area is 195 Å². The average Bonchev–Trinajstić information content (AvgIpc) is 2.77. The zero-order valence-corrected chi connectivity index (χ0v) is 20.3. The molecule has 0 spiro atoms. The zero-order valence-electron chi connectivity index (χ0n) is 20.3. The molecular weight excluding hydrogens is 402 g/mol. The monoisotopic (exact) mass is 432 g/mol. The van der Waals surface area contributed by atoms with Crippen LogP contribution in [0.5, 0.6) is 11.5 Å². The van der Waals surface area contributed by atoms with Crippen molar-refractivity contribution in [2.45, 2.75) is 41.0 Å². The highest BCUT2D eigenvalue weighted by Crippen LogP contribution is 2.51. The summed E-state index contributed by atoms with van der Waals surface area (Å²) in [7, 11) is 2.15. The molecule has 0 atom stereocenters. The van der Waals surface area contributed by atoms with Crippen LogP contribution in [-0.2, 0) is 13.5 Å². The summed E-state index contributed by atoms with van der Waals surface area (Å²) in [6.45, 7) is 11.3. The van der Waals surface area contributed by atoms with E-state index in [0.717, 1.165) is 17.9 Å². The normalized spacial score (nSPS) is 12.9. The number of hydrogen-bond donors (Lipinski definition) is 0. The molecule has 0 amide bonds. The number of rotatable bonds is 1. The van der Waals surface area contributed by atoms with Gasteiger partial charge < -0.3 is 4.74 Å². The molecule has 164 valence electrons. The summed E-state index contributed by atoms with van der Waals surface area (Å²) in [4.78, 5) is 0. The Morgan fingerprint density at radius 3 is 2.27 bits per heavy atom. The second-order valence-corrected chi connectivity index (χ2v) is 10.8. The van der Waals surface area contributed by atoms with Gasteiger partial charge in [-0.2, -0.15) is 0 Å². The fourth-order valence-corrected chi connectivity index (χ4v) is 5.69. The number of nitrogens with zero attached hydrogens (tertiary/aromatic N) is 1. The Hall–Kier alpha value is -3.39. The van der Waals surface area contributed by atoms with E-state index < -0.39 is 0 Å². The molecule has 2 heterocycles. The number of pyridine rings is 1. The topological polar surface area (TPSA) is 13.1 Å². The van der Waals surface area contributed by atoms with Crippen molar-refractivity contribution in [3.05, 3.63) is 77.5 Å². The van der Waals surface area contributed by atoms with Gasteiger partial charge in [0, 0.05) is 17.0 Å². The van der Waals surface area contributed by atoms with Gasteiger partial charge in [-0.1, -0.05) is 63.2 Å². The van der Waals surface area contributed by atoms with Crippen LogP contribution in [0.25, 0.3) is 43.6 Å². The van der Waals surface area contributed by atoms with E-state index in [1.807, 2.05) is 0 Å². The molecule has 0 unspecified atom stereocenters. The molecule has 33 heavy (non-hydrogen) atoms. The lowest BCUT2D eigenvalue weighted by Gasteiger charge is -2.25. The summed E-state index contributed by atoms with van der Waals surface area (Å²) in [5.74, 6) is 1.95. The van der Waals surface area contributed by atoms with E-state index in [1.54, 1.807) is 0 Å². The van der Waals surface area contributed by atoms with E-state index in [4.69, 9.17) is 4.74 Å². The third-order valence-corrected chi connectivity index (χ3v) is 7.12. The van der Waals surface area contributed by atoms with Gasteiger partial charge in [0.25, 0.3) is 0 Å². The van der Waals surface area contributed by atoms with Gasteiger partial charge in [-0.15, -0.1) is 0 Å². The minimum Gasteiger partial charge on any atom is -0.455 e. The van der Waals surface area contributed by atoms with Gasteiger partial charge in [-0.25, -0.2) is 4.57 Å². The van der Waals surface area contributed by atoms with E-state index in [0.29, 0.717) is 0 Å². The van der Waals surface area contributed by atoms with E-state index >= 15 is 0 Å². The number of aromatic nitrogens is 1. The molecule has 6 rings (SSSR count). The summed E-state index contributed by atoms with van der Waals surface area (Å²) >= 11 is 0. The molecule has 2 nitrogen and oxygen atoms in total. The van der Waals surface area contributed by atoms with Crippen molar-refractivity contribution in [3.8, 4) is 22.8 Å². The Morgan fingerprint density at radius 1 is 0.818 bits per heavy atom. The fourth-order valence-electron chi connectivity index (χ4n) is 5.69. The first-order valence-electron chi connectivity index (χ1n) is 11.8. The summed E-state index contributed by atoms with van der Waals surface area (Å²) in [6, 6.07) is 20.1. The standard InChI is InChI=1S/C31H30NO/c1-18-22-9-7-8-10-23(22)19(2)30-27(18)29-28-25(13-14-32(29)6)24-12-11-20(17-31(3,4)5)15-21(24)16-26(28)33-30/h7-16H,17H2,1-6H3/q+1. The molecule has 1 aliphatic rings. The van der Waals surface area contributed by atoms with Crippen LogP contribution in [0.15, 0.2) is 60.8 Å². The van der Waals surface area contributed by atoms with Crippen LogP contribution in [0.3, 0.4) is 0 Å². The van der Waals surface area contributed by atoms with Gasteiger partial charge in [-0.3, -0.25) is 0 Å². The van der Waals surface area contributed by atoms with Crippen LogP contribution >= 0.6 is 0 Å². The molecular formula is C31H30NO+. The number of hydrogen-bond acceptors (Lipinski definition) is 1. The highest BCUT2D eigenvalue weighted by Gasteiger charge is 2.32. The van der Waals surface area contributed by atoms with Crippen LogP contribution in [0.4, 0.5) is 0 Å². The van der Waals surface area contributed by atoms with Crippen molar-refractivity contribution >= 4 is 32.3 Å². The zero-order chi connectivity index (χ0) is 23.1. The first-order chi connectivity index (χ1) is 15.7. The molecule has 0 N–H and O–H groups in total. The lowest BCUT2D eigenvalue weighted by atomic mass is 9.86. The van der Waals surface area contributed by atoms with Crippen LogP contribution < -0.4 is 9.30 Å². The maximum atomic E-state index is 6.76. The van der Waals surface area contributed by atoms with Crippen molar-refractivity contribution in [1.29, 1.82) is 0 Å². The first-order valence-corrected chi connectivity index (χ1v) is 11.8. The minimum atomic E-state index is 0.255. The SMILES string of the molecule is Cc1c2c(c(C)c3ccccc13)-c1c3c(cc4cc(CC(C)(C)C)ccc4c3cc[n+]1C)O2. The molecule has 0 aliphatic carbocycles. The molecule has 1 aliphatic heterocycles. The van der Waals surface area contributed by atoms with E-state index in [-0.39, 0.29) is 5.41 Å². The summed E-state index contributed by atoms with van der Waals surface area (Å²) in [5.41, 5.74) is 6.57. The highest BCUT2D eigenvalue weighted by atomic mass is 16.5. The van der Waals surface area contributed by atoms with Gasteiger partial charge in [-0.05, 0) is 64.4 Å². The quantitative estimate of drug-likeness (QED) is 0.190. The molecule has 1 aromatic heterocycles. The molecule has 0 bridgehead atoms. The maximum Gasteiger partial charge on any atom is 0.228 e. The molecule has 4 aromatic carbocycles. The Bertz CT molecular complexity index is 1620. The summed E-state index contributed by atoms with van der Waals surface area (Å²) in [5, 5.41) is 7.56. The Balaban J connectivity index is 1.72. The second-order valence-electron chi connectivity index (χ2n) is 10.8. The first kappa shape index (κ1) is 20.2. The van der Waals surface area contributed by atoms with Gasteiger partial charge >= 0.3 is 0 Å². The second kappa shape index (κ2) is 6.81. The number of aryl methyl sites for hydroxylation is 3. The van der Waals surface area contributed by atoms with E-state index in [2.05, 4.69) is 107 Å². The lowest BCUT2D eigenvalue weighted by molar-refractivity contribution is -0.659. The molecule has 0 saturated heterocycles. The van der Waals surface area contributed by atoms with Crippen LogP contribution in [0.2, 0.25) is 0 Å². The molecule has 5 aromatic rings. The van der Waals surface area contributed by atoms with Crippen LogP contribution in [0, 0.1) is 19.3 Å². The fraction of sp³-hybridized carbons (Fsp3) is 0.258. The molecule has 0 radical (unpaired) electrons. The third-order valence-electron chi connectivity index (χ3n) is 7.12. The van der Waals surface area contributed by atoms with Crippen molar-refractivity contribution in [1.82, 2.24) is 0 Å². The largest absolute Gasteiger partial charge is 0.455 e. The smallest absolute Gasteiger partial charge is 0.228 e. The Morgan fingerprint density at radius 2 is 1.55 bits per heavy atom. The van der Waals surface area contributed by atoms with E-state index in [1.165, 1.54) is 60.3 Å². The maximum absolute atomic E-state index is 6.76. The average molecular weight is 433 g/mol. The molecule has 0 fully saturated rings. The van der Waals surface area contributed by atoms with Crippen molar-refractivity contribution in [2.75, 3.05) is 0 Å². The lowest BCUT2D eigenvalue weighted by Crippen LogP contribution is -2.32. The van der Waals surface area contributed by atoms with Gasteiger partial charge in [0.05, 0.1) is 10.9 Å². The van der Waals surface area contributed by atoms with Gasteiger partial charge in [0.2, 0.25) is 5.69 Å². The molecule has 0 saturated carbocycles. The minimum absolute atomic E-state index is 0.255. The Kier molecular flexibility index (Phi) is 4.17. The summed E-state index contributed by atoms with van der Waals surface area (Å²) < 4.78 is 9.02. The van der Waals surface area contributed by atoms with Gasteiger partial charge in [0.15, 0.2) is 6.20 Å². The van der Waals surface area contributed by atoms with Crippen LogP contribution in [-0.4, -0.2) is 0 Å². The van der Waals surface area contributed by atoms with Gasteiger partial charge in [0.1, 0.15) is 18.5 Å². The number of fused-ring (bicyclic) bond motifs is 5. The van der Waals surface area contributed by atoms with Crippen molar-refractivity contribution < 1.29 is 9.30 Å². The highest BCUT2D eigenvalue weighted by molar-refractivity contribution is 6.16. The van der Waals surface area contributed by atoms with Crippen LogP contribution in [0.1, 0.15) is 37.5 Å². The van der Waals surface area contributed by atoms with Crippen molar-refractivity contribution in [3.63, 3.8) is 0 Å². The number of ether oxygens (including phenoxy) is 1. The summed E-state index contributed by atoms with van der Waals surface area (Å²) in [6.07, 6.45) is 3.25.